The first-order chi connectivity index (χ1) is 37.0. The monoisotopic (exact) mass is 1080 g/mol. The number of quaternary nitrogens is 1. The van der Waals surface area contributed by atoms with Crippen LogP contribution < -0.4 is 10.2 Å². The number of phosphoric ester groups is 1. The molecule has 0 fully saturated rings. The smallest absolute Gasteiger partial charge is 0.268 e. The van der Waals surface area contributed by atoms with Gasteiger partial charge in [0, 0.05) is 6.42 Å². The van der Waals surface area contributed by atoms with E-state index in [9.17, 15) is 19.4 Å². The average molecular weight is 1080 g/mol. The molecule has 0 aliphatic rings. The second kappa shape index (κ2) is 56.9. The molecule has 438 valence electrons. The molecule has 8 nitrogen and oxygen atoms in total. The van der Waals surface area contributed by atoms with Crippen LogP contribution in [0.1, 0.15) is 258 Å². The van der Waals surface area contributed by atoms with Crippen LogP contribution in [0.3, 0.4) is 0 Å². The summed E-state index contributed by atoms with van der Waals surface area (Å²) in [7, 11) is 1.24. The summed E-state index contributed by atoms with van der Waals surface area (Å²) in [6.07, 6.45) is 83.1. The van der Waals surface area contributed by atoms with Crippen LogP contribution in [0, 0.1) is 0 Å². The van der Waals surface area contributed by atoms with Crippen LogP contribution in [0.15, 0.2) is 109 Å². The fourth-order valence-electron chi connectivity index (χ4n) is 8.64. The molecule has 0 saturated heterocycles. The zero-order valence-electron chi connectivity index (χ0n) is 49.9. The number of likely N-dealkylation sites (N-methyl/N-ethyl adjacent to an activating group) is 1. The number of allylic oxidation sites excluding steroid dienone is 17. The lowest BCUT2D eigenvalue weighted by molar-refractivity contribution is -0.870. The third-order valence-corrected chi connectivity index (χ3v) is 14.5. The third kappa shape index (κ3) is 58.8. The molecule has 0 saturated carbocycles. The Morgan fingerprint density at radius 3 is 1.17 bits per heavy atom. The fourth-order valence-corrected chi connectivity index (χ4v) is 9.36. The maximum atomic E-state index is 13.0. The van der Waals surface area contributed by atoms with Crippen LogP contribution in [0.4, 0.5) is 0 Å². The molecule has 0 aromatic carbocycles. The summed E-state index contributed by atoms with van der Waals surface area (Å²) in [6, 6.07) is -0.904. The number of nitrogens with one attached hydrogen (secondary N) is 1. The second-order valence-corrected chi connectivity index (χ2v) is 23.4. The van der Waals surface area contributed by atoms with E-state index in [4.69, 9.17) is 9.05 Å². The Balaban J connectivity index is 4.25. The number of phosphoric acid groups is 1. The van der Waals surface area contributed by atoms with E-state index >= 15 is 0 Å². The predicted octanol–water partition coefficient (Wildman–Crippen LogP) is 18.9. The zero-order chi connectivity index (χ0) is 55.6. The van der Waals surface area contributed by atoms with E-state index in [1.807, 2.05) is 27.2 Å². The van der Waals surface area contributed by atoms with Crippen molar-refractivity contribution >= 4 is 13.7 Å². The van der Waals surface area contributed by atoms with Gasteiger partial charge in [-0.3, -0.25) is 9.36 Å². The van der Waals surface area contributed by atoms with Crippen molar-refractivity contribution in [3.8, 4) is 0 Å². The number of nitrogens with zero attached hydrogens (tertiary/aromatic N) is 1. The average Bonchev–Trinajstić information content (AvgIpc) is 3.38. The molecule has 0 aliphatic heterocycles. The number of aliphatic hydroxyl groups excluding tert-OH is 1. The molecule has 3 unspecified atom stereocenters. The van der Waals surface area contributed by atoms with Gasteiger partial charge in [0.2, 0.25) is 5.91 Å². The summed E-state index contributed by atoms with van der Waals surface area (Å²) in [5.74, 6) is -0.214. The number of amides is 1. The lowest BCUT2D eigenvalue weighted by atomic mass is 10.0. The first-order valence-corrected chi connectivity index (χ1v) is 32.7. The number of carbonyl (C=O) groups excluding carboxylic acids is 1. The summed E-state index contributed by atoms with van der Waals surface area (Å²) in [4.78, 5) is 25.6. The summed E-state index contributed by atoms with van der Waals surface area (Å²) in [5.41, 5.74) is 0. The van der Waals surface area contributed by atoms with E-state index < -0.39 is 26.6 Å². The molecule has 9 heteroatoms. The molecule has 2 N–H and O–H groups in total. The maximum Gasteiger partial charge on any atom is 0.268 e. The molecule has 0 spiro atoms. The minimum Gasteiger partial charge on any atom is -0.756 e. The van der Waals surface area contributed by atoms with Crippen molar-refractivity contribution in [2.24, 2.45) is 0 Å². The summed E-state index contributed by atoms with van der Waals surface area (Å²) < 4.78 is 23.4. The highest BCUT2D eigenvalue weighted by Gasteiger charge is 2.23. The van der Waals surface area contributed by atoms with Gasteiger partial charge in [-0.25, -0.2) is 0 Å². The van der Waals surface area contributed by atoms with Crippen LogP contribution in [0.5, 0.6) is 0 Å². The molecule has 0 heterocycles. The Kier molecular flexibility index (Phi) is 54.7. The van der Waals surface area contributed by atoms with Gasteiger partial charge in [-0.1, -0.05) is 277 Å². The molecule has 1 amide bonds. The summed E-state index contributed by atoms with van der Waals surface area (Å²) >= 11 is 0. The van der Waals surface area contributed by atoms with Crippen molar-refractivity contribution < 1.29 is 32.9 Å². The van der Waals surface area contributed by atoms with E-state index in [1.54, 1.807) is 6.08 Å². The Morgan fingerprint density at radius 2 is 0.803 bits per heavy atom. The van der Waals surface area contributed by atoms with Crippen LogP contribution in [-0.2, 0) is 18.4 Å². The van der Waals surface area contributed by atoms with Gasteiger partial charge >= 0.3 is 0 Å². The van der Waals surface area contributed by atoms with Gasteiger partial charge in [-0.15, -0.1) is 0 Å². The number of aliphatic hydroxyl groups is 1. The summed E-state index contributed by atoms with van der Waals surface area (Å²) in [6.45, 7) is 4.53. The van der Waals surface area contributed by atoms with E-state index in [1.165, 1.54) is 128 Å². The van der Waals surface area contributed by atoms with Crippen molar-refractivity contribution in [1.82, 2.24) is 5.32 Å². The van der Waals surface area contributed by atoms with Crippen molar-refractivity contribution in [2.75, 3.05) is 40.9 Å². The normalized spacial score (nSPS) is 14.6. The molecule has 3 atom stereocenters. The molecule has 0 rings (SSSR count). The van der Waals surface area contributed by atoms with Crippen LogP contribution in [-0.4, -0.2) is 68.5 Å². The Morgan fingerprint density at radius 1 is 0.474 bits per heavy atom. The summed E-state index contributed by atoms with van der Waals surface area (Å²) in [5, 5.41) is 13.9. The molecule has 0 aromatic rings. The second-order valence-electron chi connectivity index (χ2n) is 22.0. The minimum atomic E-state index is -4.61. The van der Waals surface area contributed by atoms with Gasteiger partial charge in [0.05, 0.1) is 39.9 Å². The standard InChI is InChI=1S/C67H119N2O6P/c1-6-8-10-12-14-16-18-20-22-24-26-28-30-31-32-33-34-35-36-37-39-41-43-45-47-49-51-53-55-57-59-61-67(71)68-65(64-75-76(72,73)74-63-62-69(3,4)5)66(70)60-58-56-54-52-50-48-46-44-42-40-38-29-27-25-23-21-19-17-15-13-11-9-7-2/h8,10,14,16,20,22,26,28,31-32,34-35,37,39,43,45,58,60,65-66,70H,6-7,9,11-13,15,17-19,21,23-25,27,29-30,33,36,38,40-42,44,46-57,59,61-64H2,1-5H3,(H-,68,71,72,73)/b10-8-,16-14-,22-20-,28-26-,32-31-,35-34-,39-37-,45-43-,60-58+. The molecule has 0 aromatic heterocycles. The van der Waals surface area contributed by atoms with E-state index in [0.717, 1.165) is 109 Å². The highest BCUT2D eigenvalue weighted by Crippen LogP contribution is 2.38. The zero-order valence-corrected chi connectivity index (χ0v) is 50.8. The lowest BCUT2D eigenvalue weighted by Crippen LogP contribution is -2.45. The molecular formula is C67H119N2O6P. The predicted molar refractivity (Wildman–Crippen MR) is 329 cm³/mol. The largest absolute Gasteiger partial charge is 0.756 e. The fraction of sp³-hybridized carbons (Fsp3) is 0.716. The van der Waals surface area contributed by atoms with Gasteiger partial charge in [-0.05, 0) is 83.5 Å². The first kappa shape index (κ1) is 73.2. The van der Waals surface area contributed by atoms with Crippen molar-refractivity contribution in [3.63, 3.8) is 0 Å². The van der Waals surface area contributed by atoms with Crippen molar-refractivity contribution in [3.05, 3.63) is 109 Å². The molecule has 76 heavy (non-hydrogen) atoms. The van der Waals surface area contributed by atoms with Crippen LogP contribution in [0.2, 0.25) is 0 Å². The van der Waals surface area contributed by atoms with Crippen molar-refractivity contribution in [2.45, 2.75) is 270 Å². The SMILES string of the molecule is CC/C=C\C/C=C\C/C=C\C/C=C\C/C=C\C/C=C\C/C=C\C/C=C\CCCCCCCCC(=O)NC(COP(=O)([O-])OCC[N+](C)(C)C)C(O)/C=C/CCCCCCCCCCCCCCCCCCCCCCC. The Labute approximate surface area is 470 Å². The first-order valence-electron chi connectivity index (χ1n) is 31.2. The van der Waals surface area contributed by atoms with Gasteiger partial charge in [0.15, 0.2) is 0 Å². The van der Waals surface area contributed by atoms with Crippen LogP contribution in [0.25, 0.3) is 0 Å². The lowest BCUT2D eigenvalue weighted by Gasteiger charge is -2.29. The molecule has 0 aliphatic carbocycles. The highest BCUT2D eigenvalue weighted by molar-refractivity contribution is 7.45. The maximum absolute atomic E-state index is 13.0. The van der Waals surface area contributed by atoms with Gasteiger partial charge in [0.25, 0.3) is 7.82 Å². The molecule has 0 bridgehead atoms. The van der Waals surface area contributed by atoms with Gasteiger partial charge < -0.3 is 28.8 Å². The minimum absolute atomic E-state index is 0.00952. The Hall–Kier alpha value is -2.84. The van der Waals surface area contributed by atoms with Gasteiger partial charge in [-0.2, -0.15) is 0 Å². The van der Waals surface area contributed by atoms with Gasteiger partial charge in [0.1, 0.15) is 13.2 Å². The Bertz CT molecular complexity index is 1600. The van der Waals surface area contributed by atoms with Crippen molar-refractivity contribution in [1.29, 1.82) is 0 Å². The van der Waals surface area contributed by atoms with E-state index in [-0.39, 0.29) is 12.5 Å². The topological polar surface area (TPSA) is 108 Å². The number of hydrogen-bond acceptors (Lipinski definition) is 6. The molecular weight excluding hydrogens is 960 g/mol. The number of carbonyl (C=O) groups is 1. The van der Waals surface area contributed by atoms with E-state index in [0.29, 0.717) is 17.4 Å². The van der Waals surface area contributed by atoms with E-state index in [2.05, 4.69) is 116 Å². The third-order valence-electron chi connectivity index (χ3n) is 13.5. The molecule has 0 radical (unpaired) electrons. The number of hydrogen-bond donors (Lipinski definition) is 2. The number of rotatable bonds is 56. The quantitative estimate of drug-likeness (QED) is 0.0272. The highest BCUT2D eigenvalue weighted by atomic mass is 31.2. The number of unbranched alkanes of at least 4 members (excludes halogenated alkanes) is 27. The van der Waals surface area contributed by atoms with Crippen LogP contribution >= 0.6 is 7.82 Å².